The zero-order valence-corrected chi connectivity index (χ0v) is 15.3. The van der Waals surface area contributed by atoms with Crippen LogP contribution in [0.1, 0.15) is 21.6 Å². The van der Waals surface area contributed by atoms with Gasteiger partial charge in [-0.15, -0.1) is 6.58 Å². The van der Waals surface area contributed by atoms with Crippen molar-refractivity contribution in [2.24, 2.45) is 5.10 Å². The van der Waals surface area contributed by atoms with Crippen LogP contribution in [0.25, 0.3) is 11.3 Å². The third-order valence-corrected chi connectivity index (χ3v) is 4.09. The summed E-state index contributed by atoms with van der Waals surface area (Å²) >= 11 is 0. The number of aromatic nitrogens is 2. The monoisotopic (exact) mass is 376 g/mol. The number of ether oxygens (including phenoxy) is 1. The summed E-state index contributed by atoms with van der Waals surface area (Å²) in [6.45, 7) is 3.66. The summed E-state index contributed by atoms with van der Waals surface area (Å²) in [6.07, 6.45) is 3.64. The summed E-state index contributed by atoms with van der Waals surface area (Å²) in [4.78, 5) is 12.2. The lowest BCUT2D eigenvalue weighted by Crippen LogP contribution is -2.18. The molecule has 0 aliphatic carbocycles. The third-order valence-electron chi connectivity index (χ3n) is 4.09. The van der Waals surface area contributed by atoms with E-state index in [4.69, 9.17) is 4.74 Å². The molecular formula is C21H20N4O3. The smallest absolute Gasteiger partial charge is 0.289 e. The number of hydrogen-bond donors (Lipinski definition) is 3. The number of aromatic amines is 1. The van der Waals surface area contributed by atoms with Crippen molar-refractivity contribution in [2.75, 3.05) is 7.11 Å². The number of carbonyl (C=O) groups excluding carboxylic acids is 1. The zero-order valence-electron chi connectivity index (χ0n) is 15.3. The van der Waals surface area contributed by atoms with E-state index in [2.05, 4.69) is 27.3 Å². The number of nitrogens with zero attached hydrogens (tertiary/aromatic N) is 2. The molecule has 3 aromatic rings. The van der Waals surface area contributed by atoms with Gasteiger partial charge in [-0.05, 0) is 48.4 Å². The van der Waals surface area contributed by atoms with Crippen LogP contribution in [0, 0.1) is 0 Å². The van der Waals surface area contributed by atoms with Crippen LogP contribution in [0.3, 0.4) is 0 Å². The van der Waals surface area contributed by atoms with E-state index in [1.54, 1.807) is 37.5 Å². The highest BCUT2D eigenvalue weighted by Gasteiger charge is 2.11. The van der Waals surface area contributed by atoms with E-state index in [0.717, 1.165) is 16.9 Å². The number of allylic oxidation sites excluding steroid dienone is 1. The Bertz CT molecular complexity index is 1010. The number of benzene rings is 2. The van der Waals surface area contributed by atoms with Crippen LogP contribution in [0.4, 0.5) is 0 Å². The van der Waals surface area contributed by atoms with Crippen LogP contribution in [0.2, 0.25) is 0 Å². The first-order valence-electron chi connectivity index (χ1n) is 8.57. The van der Waals surface area contributed by atoms with Crippen molar-refractivity contribution in [1.82, 2.24) is 15.6 Å². The number of phenolic OH excluding ortho intramolecular Hbond substituents is 1. The Hall–Kier alpha value is -3.87. The molecule has 142 valence electrons. The number of H-pyrrole nitrogens is 1. The summed E-state index contributed by atoms with van der Waals surface area (Å²) in [5, 5.41) is 20.9. The number of amides is 1. The lowest BCUT2D eigenvalue weighted by molar-refractivity contribution is 0.0950. The Morgan fingerprint density at radius 3 is 2.82 bits per heavy atom. The lowest BCUT2D eigenvalue weighted by Gasteiger charge is -2.04. The number of phenols is 1. The van der Waals surface area contributed by atoms with Crippen molar-refractivity contribution in [3.63, 3.8) is 0 Å². The van der Waals surface area contributed by atoms with Gasteiger partial charge < -0.3 is 9.84 Å². The standard InChI is InChI=1S/C21H20N4O3/c1-3-5-15-6-4-7-16(20(15)26)13-22-25-21(27)19-12-18(23-24-19)14-8-10-17(28-2)11-9-14/h3-4,6-13,26H,1,5H2,2H3,(H,23,24)(H,25,27)/b22-13-. The highest BCUT2D eigenvalue weighted by Crippen LogP contribution is 2.22. The summed E-state index contributed by atoms with van der Waals surface area (Å²) in [5.74, 6) is 0.418. The van der Waals surface area contributed by atoms with Gasteiger partial charge in [0.15, 0.2) is 0 Å². The fourth-order valence-electron chi connectivity index (χ4n) is 2.60. The highest BCUT2D eigenvalue weighted by atomic mass is 16.5. The number of aromatic hydroxyl groups is 1. The molecule has 7 heteroatoms. The number of para-hydroxylation sites is 1. The van der Waals surface area contributed by atoms with Crippen LogP contribution >= 0.6 is 0 Å². The molecule has 0 atom stereocenters. The molecule has 0 fully saturated rings. The topological polar surface area (TPSA) is 99.6 Å². The van der Waals surface area contributed by atoms with E-state index in [-0.39, 0.29) is 11.4 Å². The van der Waals surface area contributed by atoms with Gasteiger partial charge in [-0.1, -0.05) is 18.2 Å². The fraction of sp³-hybridized carbons (Fsp3) is 0.0952. The number of methoxy groups -OCH3 is 1. The van der Waals surface area contributed by atoms with Gasteiger partial charge in [0.25, 0.3) is 5.91 Å². The minimum atomic E-state index is -0.440. The fourth-order valence-corrected chi connectivity index (χ4v) is 2.60. The molecule has 0 aliphatic heterocycles. The first-order chi connectivity index (χ1) is 13.6. The van der Waals surface area contributed by atoms with Gasteiger partial charge in [0.2, 0.25) is 0 Å². The maximum atomic E-state index is 12.2. The molecule has 0 aliphatic rings. The first-order valence-corrected chi connectivity index (χ1v) is 8.57. The van der Waals surface area contributed by atoms with Gasteiger partial charge in [0.05, 0.1) is 19.0 Å². The zero-order chi connectivity index (χ0) is 19.9. The Balaban J connectivity index is 1.67. The number of hydrazone groups is 1. The van der Waals surface area contributed by atoms with Gasteiger partial charge >= 0.3 is 0 Å². The molecule has 0 spiro atoms. The van der Waals surface area contributed by atoms with Gasteiger partial charge in [-0.2, -0.15) is 10.2 Å². The molecule has 7 nitrogen and oxygen atoms in total. The van der Waals surface area contributed by atoms with Crippen molar-refractivity contribution in [3.8, 4) is 22.8 Å². The Labute approximate surface area is 162 Å². The normalized spacial score (nSPS) is 10.8. The van der Waals surface area contributed by atoms with Gasteiger partial charge in [0.1, 0.15) is 17.2 Å². The minimum Gasteiger partial charge on any atom is -0.507 e. The molecular weight excluding hydrogens is 356 g/mol. The molecule has 0 bridgehead atoms. The summed E-state index contributed by atoms with van der Waals surface area (Å²) in [5.41, 5.74) is 5.41. The summed E-state index contributed by atoms with van der Waals surface area (Å²) in [6, 6.07) is 14.3. The Morgan fingerprint density at radius 2 is 2.11 bits per heavy atom. The average Bonchev–Trinajstić information content (AvgIpc) is 3.21. The van der Waals surface area contributed by atoms with E-state index in [1.807, 2.05) is 24.3 Å². The molecule has 0 unspecified atom stereocenters. The molecule has 1 aromatic heterocycles. The van der Waals surface area contributed by atoms with Gasteiger partial charge in [-0.3, -0.25) is 9.89 Å². The van der Waals surface area contributed by atoms with Crippen molar-refractivity contribution in [3.05, 3.63) is 78.0 Å². The van der Waals surface area contributed by atoms with Crippen molar-refractivity contribution < 1.29 is 14.6 Å². The molecule has 3 N–H and O–H groups in total. The molecule has 0 saturated carbocycles. The second kappa shape index (κ2) is 8.68. The van der Waals surface area contributed by atoms with Crippen LogP contribution in [0.5, 0.6) is 11.5 Å². The molecule has 1 amide bonds. The Kier molecular flexibility index (Phi) is 5.86. The largest absolute Gasteiger partial charge is 0.507 e. The van der Waals surface area contributed by atoms with E-state index in [9.17, 15) is 9.90 Å². The van der Waals surface area contributed by atoms with Crippen LogP contribution in [0.15, 0.2) is 66.3 Å². The van der Waals surface area contributed by atoms with Crippen molar-refractivity contribution in [1.29, 1.82) is 0 Å². The van der Waals surface area contributed by atoms with Crippen LogP contribution in [-0.4, -0.2) is 34.5 Å². The molecule has 28 heavy (non-hydrogen) atoms. The number of carbonyl (C=O) groups is 1. The molecule has 0 saturated heterocycles. The highest BCUT2D eigenvalue weighted by molar-refractivity contribution is 5.94. The van der Waals surface area contributed by atoms with E-state index < -0.39 is 5.91 Å². The van der Waals surface area contributed by atoms with Crippen LogP contribution < -0.4 is 10.2 Å². The maximum Gasteiger partial charge on any atom is 0.289 e. The van der Waals surface area contributed by atoms with E-state index >= 15 is 0 Å². The van der Waals surface area contributed by atoms with Gasteiger partial charge in [-0.25, -0.2) is 5.43 Å². The SMILES string of the molecule is C=CCc1cccc(/C=N\NC(=O)c2cc(-c3ccc(OC)cc3)n[nH]2)c1O. The third kappa shape index (κ3) is 4.27. The van der Waals surface area contributed by atoms with Gasteiger partial charge in [0, 0.05) is 11.1 Å². The number of hydrogen-bond acceptors (Lipinski definition) is 5. The second-order valence-corrected chi connectivity index (χ2v) is 5.94. The molecule has 0 radical (unpaired) electrons. The lowest BCUT2D eigenvalue weighted by atomic mass is 10.1. The van der Waals surface area contributed by atoms with E-state index in [1.165, 1.54) is 6.21 Å². The number of rotatable bonds is 7. The predicted molar refractivity (Wildman–Crippen MR) is 108 cm³/mol. The maximum absolute atomic E-state index is 12.2. The molecule has 2 aromatic carbocycles. The minimum absolute atomic E-state index is 0.115. The molecule has 3 rings (SSSR count). The predicted octanol–water partition coefficient (Wildman–Crippen LogP) is 3.28. The van der Waals surface area contributed by atoms with Crippen LogP contribution in [-0.2, 0) is 6.42 Å². The second-order valence-electron chi connectivity index (χ2n) is 5.94. The molecule has 1 heterocycles. The van der Waals surface area contributed by atoms with Crippen molar-refractivity contribution in [2.45, 2.75) is 6.42 Å². The summed E-state index contributed by atoms with van der Waals surface area (Å²) in [7, 11) is 1.60. The van der Waals surface area contributed by atoms with Crippen molar-refractivity contribution >= 4 is 12.1 Å². The average molecular weight is 376 g/mol. The quantitative estimate of drug-likeness (QED) is 0.335. The Morgan fingerprint density at radius 1 is 1.32 bits per heavy atom. The van der Waals surface area contributed by atoms with E-state index in [0.29, 0.717) is 17.7 Å². The number of nitrogens with one attached hydrogen (secondary N) is 2. The summed E-state index contributed by atoms with van der Waals surface area (Å²) < 4.78 is 5.13. The first kappa shape index (κ1) is 18.9.